The van der Waals surface area contributed by atoms with Crippen LogP contribution in [-0.2, 0) is 6.42 Å². The van der Waals surface area contributed by atoms with Crippen LogP contribution in [0.5, 0.6) is 0 Å². The zero-order valence-corrected chi connectivity index (χ0v) is 13.1. The lowest BCUT2D eigenvalue weighted by Crippen LogP contribution is -2.40. The summed E-state index contributed by atoms with van der Waals surface area (Å²) in [6.45, 7) is 0.592. The summed E-state index contributed by atoms with van der Waals surface area (Å²) in [5, 5.41) is 7.93. The summed E-state index contributed by atoms with van der Waals surface area (Å²) in [4.78, 5) is 21.6. The first-order valence-electron chi connectivity index (χ1n) is 7.58. The van der Waals surface area contributed by atoms with Crippen LogP contribution >= 0.6 is 0 Å². The standard InChI is InChI=1S/C17H18N6O/c18-4-3-15(19)14-7-12(8-21-9-14)13-6-11-2-1-5-23(17(20)24)16(11)22-10-13/h3-4,6-10,19H,1-2,5,18H2,(H2,20,24)/b4-3-,19-15?. The van der Waals surface area contributed by atoms with Gasteiger partial charge in [-0.05, 0) is 42.8 Å². The normalized spacial score (nSPS) is 13.8. The van der Waals surface area contributed by atoms with Crippen molar-refractivity contribution < 1.29 is 4.79 Å². The number of urea groups is 1. The Kier molecular flexibility index (Phi) is 4.24. The highest BCUT2D eigenvalue weighted by Crippen LogP contribution is 2.29. The van der Waals surface area contributed by atoms with Crippen LogP contribution in [0.1, 0.15) is 17.5 Å². The third-order valence-electron chi connectivity index (χ3n) is 3.94. The molecule has 0 radical (unpaired) electrons. The predicted molar refractivity (Wildman–Crippen MR) is 92.9 cm³/mol. The molecule has 1 aliphatic rings. The van der Waals surface area contributed by atoms with Crippen molar-refractivity contribution >= 4 is 17.6 Å². The van der Waals surface area contributed by atoms with Gasteiger partial charge in [0.2, 0.25) is 0 Å². The molecule has 3 rings (SSSR count). The second-order valence-electron chi connectivity index (χ2n) is 5.54. The molecule has 122 valence electrons. The molecule has 1 aliphatic heterocycles. The minimum absolute atomic E-state index is 0.290. The molecule has 0 bridgehead atoms. The van der Waals surface area contributed by atoms with Crippen LogP contribution < -0.4 is 16.4 Å². The molecule has 2 amide bonds. The Morgan fingerprint density at radius 1 is 1.25 bits per heavy atom. The van der Waals surface area contributed by atoms with Gasteiger partial charge in [0.25, 0.3) is 0 Å². The average Bonchev–Trinajstić information content (AvgIpc) is 2.61. The fourth-order valence-electron chi connectivity index (χ4n) is 2.77. The van der Waals surface area contributed by atoms with Gasteiger partial charge < -0.3 is 16.9 Å². The van der Waals surface area contributed by atoms with Crippen molar-refractivity contribution in [2.24, 2.45) is 11.5 Å². The van der Waals surface area contributed by atoms with Crippen LogP contribution in [0.2, 0.25) is 0 Å². The number of pyridine rings is 2. The van der Waals surface area contributed by atoms with E-state index in [9.17, 15) is 4.79 Å². The molecule has 0 saturated heterocycles. The van der Waals surface area contributed by atoms with E-state index in [-0.39, 0.29) is 5.71 Å². The molecule has 0 aromatic carbocycles. The number of nitrogens with zero attached hydrogens (tertiary/aromatic N) is 3. The average molecular weight is 322 g/mol. The Hall–Kier alpha value is -3.22. The number of nitrogens with one attached hydrogen (secondary N) is 1. The van der Waals surface area contributed by atoms with E-state index in [4.69, 9.17) is 16.9 Å². The van der Waals surface area contributed by atoms with Crippen LogP contribution in [0.25, 0.3) is 11.1 Å². The molecule has 0 spiro atoms. The molecule has 0 saturated carbocycles. The first-order valence-corrected chi connectivity index (χ1v) is 7.58. The number of primary amides is 1. The van der Waals surface area contributed by atoms with Crippen LogP contribution in [0, 0.1) is 5.41 Å². The fourth-order valence-corrected chi connectivity index (χ4v) is 2.77. The van der Waals surface area contributed by atoms with Gasteiger partial charge in [-0.25, -0.2) is 9.78 Å². The lowest BCUT2D eigenvalue weighted by molar-refractivity contribution is 0.253. The van der Waals surface area contributed by atoms with Gasteiger partial charge in [0.1, 0.15) is 5.82 Å². The highest BCUT2D eigenvalue weighted by molar-refractivity contribution is 6.06. The first kappa shape index (κ1) is 15.7. The number of amides is 2. The Bertz CT molecular complexity index is 830. The molecule has 2 aromatic heterocycles. The van der Waals surface area contributed by atoms with E-state index in [1.54, 1.807) is 18.6 Å². The summed E-state index contributed by atoms with van der Waals surface area (Å²) < 4.78 is 0. The van der Waals surface area contributed by atoms with E-state index in [1.165, 1.54) is 17.2 Å². The van der Waals surface area contributed by atoms with Crippen molar-refractivity contribution in [2.75, 3.05) is 11.4 Å². The minimum atomic E-state index is -0.484. The smallest absolute Gasteiger partial charge is 0.320 e. The molecule has 0 atom stereocenters. The van der Waals surface area contributed by atoms with Gasteiger partial charge in [-0.1, -0.05) is 0 Å². The van der Waals surface area contributed by atoms with Gasteiger partial charge in [0, 0.05) is 41.8 Å². The summed E-state index contributed by atoms with van der Waals surface area (Å²) in [6.07, 6.45) is 9.57. The van der Waals surface area contributed by atoms with Gasteiger partial charge in [-0.15, -0.1) is 0 Å². The van der Waals surface area contributed by atoms with Crippen molar-refractivity contribution in [3.05, 3.63) is 54.1 Å². The maximum absolute atomic E-state index is 11.5. The number of anilines is 1. The number of carbonyl (C=O) groups is 1. The Labute approximate surface area is 139 Å². The number of hydrogen-bond donors (Lipinski definition) is 3. The van der Waals surface area contributed by atoms with E-state index >= 15 is 0 Å². The third kappa shape index (κ3) is 2.96. The van der Waals surface area contributed by atoms with Gasteiger partial charge in [-0.2, -0.15) is 0 Å². The molecule has 24 heavy (non-hydrogen) atoms. The van der Waals surface area contributed by atoms with Gasteiger partial charge in [-0.3, -0.25) is 9.88 Å². The fraction of sp³-hybridized carbons (Fsp3) is 0.176. The zero-order chi connectivity index (χ0) is 17.1. The van der Waals surface area contributed by atoms with Crippen molar-refractivity contribution in [2.45, 2.75) is 12.8 Å². The van der Waals surface area contributed by atoms with Crippen molar-refractivity contribution in [1.29, 1.82) is 5.41 Å². The zero-order valence-electron chi connectivity index (χ0n) is 13.1. The van der Waals surface area contributed by atoms with Crippen LogP contribution in [0.15, 0.2) is 43.0 Å². The Morgan fingerprint density at radius 2 is 2.04 bits per heavy atom. The van der Waals surface area contributed by atoms with Crippen molar-refractivity contribution in [1.82, 2.24) is 9.97 Å². The number of aryl methyl sites for hydroxylation is 1. The minimum Gasteiger partial charge on any atom is -0.405 e. The molecule has 0 unspecified atom stereocenters. The van der Waals surface area contributed by atoms with Crippen LogP contribution in [0.4, 0.5) is 10.6 Å². The number of nitrogens with two attached hydrogens (primary N) is 2. The van der Waals surface area contributed by atoms with Gasteiger partial charge in [0.05, 0.1) is 5.71 Å². The Morgan fingerprint density at radius 3 is 2.79 bits per heavy atom. The largest absolute Gasteiger partial charge is 0.405 e. The quantitative estimate of drug-likeness (QED) is 0.746. The maximum atomic E-state index is 11.5. The molecule has 3 heterocycles. The van der Waals surface area contributed by atoms with Crippen LogP contribution in [0.3, 0.4) is 0 Å². The van der Waals surface area contributed by atoms with E-state index in [2.05, 4.69) is 9.97 Å². The van der Waals surface area contributed by atoms with Crippen LogP contribution in [-0.4, -0.2) is 28.3 Å². The molecular weight excluding hydrogens is 304 g/mol. The second-order valence-corrected chi connectivity index (χ2v) is 5.54. The summed E-state index contributed by atoms with van der Waals surface area (Å²) >= 11 is 0. The molecule has 0 aliphatic carbocycles. The SMILES string of the molecule is N=C(/C=C\N)c1cncc(-c2cnc3c(c2)CCCN3C(N)=O)c1. The highest BCUT2D eigenvalue weighted by atomic mass is 16.2. The van der Waals surface area contributed by atoms with Crippen molar-refractivity contribution in [3.8, 4) is 11.1 Å². The van der Waals surface area contributed by atoms with Gasteiger partial charge >= 0.3 is 6.03 Å². The molecule has 0 fully saturated rings. The number of rotatable bonds is 3. The molecule has 2 aromatic rings. The summed E-state index contributed by atoms with van der Waals surface area (Å²) in [6, 6.07) is 3.38. The number of carbonyl (C=O) groups excluding carboxylic acids is 1. The first-order chi connectivity index (χ1) is 11.6. The van der Waals surface area contributed by atoms with Crippen molar-refractivity contribution in [3.63, 3.8) is 0 Å². The monoisotopic (exact) mass is 322 g/mol. The highest BCUT2D eigenvalue weighted by Gasteiger charge is 2.22. The topological polar surface area (TPSA) is 122 Å². The van der Waals surface area contributed by atoms with E-state index < -0.39 is 6.03 Å². The molecule has 5 N–H and O–H groups in total. The van der Waals surface area contributed by atoms with Gasteiger partial charge in [0.15, 0.2) is 0 Å². The number of hydrogen-bond acceptors (Lipinski definition) is 5. The summed E-state index contributed by atoms with van der Waals surface area (Å²) in [5.41, 5.74) is 14.4. The maximum Gasteiger partial charge on any atom is 0.320 e. The third-order valence-corrected chi connectivity index (χ3v) is 3.94. The number of aromatic nitrogens is 2. The number of allylic oxidation sites excluding steroid dienone is 1. The number of fused-ring (bicyclic) bond motifs is 1. The van der Waals surface area contributed by atoms with E-state index in [0.29, 0.717) is 17.9 Å². The lowest BCUT2D eigenvalue weighted by Gasteiger charge is -2.26. The second kappa shape index (κ2) is 6.49. The Balaban J connectivity index is 1.98. The predicted octanol–water partition coefficient (Wildman–Crippen LogP) is 1.82. The lowest BCUT2D eigenvalue weighted by atomic mass is 10.00. The molecular formula is C17H18N6O. The van der Waals surface area contributed by atoms with E-state index in [0.717, 1.165) is 29.5 Å². The molecule has 7 nitrogen and oxygen atoms in total. The summed E-state index contributed by atoms with van der Waals surface area (Å²) in [5.74, 6) is 0.625. The van der Waals surface area contributed by atoms with E-state index in [1.807, 2.05) is 12.1 Å². The molecule has 7 heteroatoms. The summed E-state index contributed by atoms with van der Waals surface area (Å²) in [7, 11) is 0.